The van der Waals surface area contributed by atoms with E-state index in [1.807, 2.05) is 36.4 Å². The number of hydrogen-bond acceptors (Lipinski definition) is 5. The number of benzene rings is 3. The van der Waals surface area contributed by atoms with Gasteiger partial charge in [-0.1, -0.05) is 36.4 Å². The third-order valence-corrected chi connectivity index (χ3v) is 4.68. The molecule has 0 fully saturated rings. The van der Waals surface area contributed by atoms with Gasteiger partial charge in [0.25, 0.3) is 5.91 Å². The van der Waals surface area contributed by atoms with E-state index in [4.69, 9.17) is 9.47 Å². The summed E-state index contributed by atoms with van der Waals surface area (Å²) in [5.41, 5.74) is 5.13. The van der Waals surface area contributed by atoms with Crippen LogP contribution in [0.2, 0.25) is 0 Å². The molecule has 0 bridgehead atoms. The zero-order valence-electron chi connectivity index (χ0n) is 16.5. The highest BCUT2D eigenvalue weighted by atomic mass is 16.5. The summed E-state index contributed by atoms with van der Waals surface area (Å²) >= 11 is 0. The maximum absolute atomic E-state index is 12.4. The average molecular weight is 400 g/mol. The molecule has 1 amide bonds. The van der Waals surface area contributed by atoms with Gasteiger partial charge in [-0.25, -0.2) is 5.43 Å². The van der Waals surface area contributed by atoms with Crippen LogP contribution in [0.5, 0.6) is 11.5 Å². The first-order valence-electron chi connectivity index (χ1n) is 9.28. The largest absolute Gasteiger partial charge is 0.497 e. The van der Waals surface area contributed by atoms with E-state index in [9.17, 15) is 4.79 Å². The quantitative estimate of drug-likeness (QED) is 0.378. The van der Waals surface area contributed by atoms with Gasteiger partial charge in [0.15, 0.2) is 0 Å². The van der Waals surface area contributed by atoms with Crippen molar-refractivity contribution in [3.05, 3.63) is 78.0 Å². The van der Waals surface area contributed by atoms with E-state index in [1.165, 1.54) is 6.21 Å². The zero-order chi connectivity index (χ0) is 20.9. The number of amides is 1. The molecule has 4 rings (SSSR count). The fraction of sp³-hybridized carbons (Fsp3) is 0.0870. The Bertz CT molecular complexity index is 1230. The first kappa shape index (κ1) is 19.2. The predicted octanol–water partition coefficient (Wildman–Crippen LogP) is 4.01. The van der Waals surface area contributed by atoms with E-state index < -0.39 is 5.91 Å². The number of rotatable bonds is 6. The molecule has 150 valence electrons. The van der Waals surface area contributed by atoms with Crippen LogP contribution in [0.4, 0.5) is 0 Å². The highest BCUT2D eigenvalue weighted by Gasteiger charge is 2.11. The van der Waals surface area contributed by atoms with Crippen LogP contribution in [0.25, 0.3) is 22.0 Å². The van der Waals surface area contributed by atoms with E-state index in [2.05, 4.69) is 26.8 Å². The molecule has 1 heterocycles. The van der Waals surface area contributed by atoms with Crippen LogP contribution >= 0.6 is 0 Å². The lowest BCUT2D eigenvalue weighted by molar-refractivity contribution is 0.0950. The third-order valence-electron chi connectivity index (χ3n) is 4.68. The Morgan fingerprint density at radius 1 is 1.00 bits per heavy atom. The topological polar surface area (TPSA) is 88.6 Å². The lowest BCUT2D eigenvalue weighted by Crippen LogP contribution is -2.18. The second-order valence-electron chi connectivity index (χ2n) is 6.54. The number of aromatic amines is 1. The van der Waals surface area contributed by atoms with E-state index in [1.54, 1.807) is 38.5 Å². The van der Waals surface area contributed by atoms with Crippen molar-refractivity contribution in [2.75, 3.05) is 14.2 Å². The normalized spacial score (nSPS) is 11.0. The summed E-state index contributed by atoms with van der Waals surface area (Å²) in [5.74, 6) is 0.873. The molecule has 2 N–H and O–H groups in total. The summed E-state index contributed by atoms with van der Waals surface area (Å²) in [6.45, 7) is 0. The van der Waals surface area contributed by atoms with Crippen molar-refractivity contribution in [2.45, 2.75) is 0 Å². The van der Waals surface area contributed by atoms with E-state index >= 15 is 0 Å². The summed E-state index contributed by atoms with van der Waals surface area (Å²) in [5, 5.41) is 13.3. The predicted molar refractivity (Wildman–Crippen MR) is 116 cm³/mol. The van der Waals surface area contributed by atoms with Gasteiger partial charge >= 0.3 is 0 Å². The lowest BCUT2D eigenvalue weighted by Gasteiger charge is -2.06. The molecule has 1 aromatic heterocycles. The molecular formula is C23H20N4O3. The highest BCUT2D eigenvalue weighted by molar-refractivity contribution is 5.95. The van der Waals surface area contributed by atoms with Crippen LogP contribution in [0.3, 0.4) is 0 Å². The smallest absolute Gasteiger partial charge is 0.289 e. The molecule has 3 aromatic carbocycles. The van der Waals surface area contributed by atoms with Crippen LogP contribution < -0.4 is 14.9 Å². The summed E-state index contributed by atoms with van der Waals surface area (Å²) in [6, 6.07) is 21.2. The Labute approximate surface area is 173 Å². The van der Waals surface area contributed by atoms with Crippen LogP contribution in [0, 0.1) is 0 Å². The number of H-pyrrole nitrogens is 1. The Morgan fingerprint density at radius 3 is 2.63 bits per heavy atom. The van der Waals surface area contributed by atoms with Crippen molar-refractivity contribution in [3.63, 3.8) is 0 Å². The molecule has 0 saturated carbocycles. The average Bonchev–Trinajstić information content (AvgIpc) is 3.29. The van der Waals surface area contributed by atoms with Gasteiger partial charge in [0, 0.05) is 17.2 Å². The monoisotopic (exact) mass is 400 g/mol. The van der Waals surface area contributed by atoms with E-state index in [-0.39, 0.29) is 0 Å². The van der Waals surface area contributed by atoms with E-state index in [0.717, 1.165) is 16.3 Å². The Kier molecular flexibility index (Phi) is 5.43. The van der Waals surface area contributed by atoms with Crippen LogP contribution in [-0.4, -0.2) is 36.5 Å². The lowest BCUT2D eigenvalue weighted by atomic mass is 10.1. The first-order valence-corrected chi connectivity index (χ1v) is 9.28. The zero-order valence-corrected chi connectivity index (χ0v) is 16.5. The van der Waals surface area contributed by atoms with Gasteiger partial charge in [-0.15, -0.1) is 0 Å². The molecule has 7 heteroatoms. The van der Waals surface area contributed by atoms with Crippen molar-refractivity contribution in [1.29, 1.82) is 0 Å². The Hall–Kier alpha value is -4.13. The van der Waals surface area contributed by atoms with Gasteiger partial charge in [0.1, 0.15) is 17.2 Å². The van der Waals surface area contributed by atoms with Crippen molar-refractivity contribution < 1.29 is 14.3 Å². The number of aromatic nitrogens is 2. The fourth-order valence-corrected chi connectivity index (χ4v) is 3.08. The van der Waals surface area contributed by atoms with Crippen molar-refractivity contribution in [1.82, 2.24) is 15.6 Å². The number of nitrogens with one attached hydrogen (secondary N) is 2. The van der Waals surface area contributed by atoms with Gasteiger partial charge in [-0.05, 0) is 35.0 Å². The number of nitrogens with zero attached hydrogens (tertiary/aromatic N) is 2. The SMILES string of the molecule is COc1ccc(C=NNC(=O)c2cc(-c3ccc4ccccc4c3)n[nH]2)c(OC)c1. The van der Waals surface area contributed by atoms with Gasteiger partial charge in [-0.3, -0.25) is 9.89 Å². The third kappa shape index (κ3) is 4.00. The molecule has 0 radical (unpaired) electrons. The number of carbonyl (C=O) groups excluding carboxylic acids is 1. The summed E-state index contributed by atoms with van der Waals surface area (Å²) in [6.07, 6.45) is 1.51. The van der Waals surface area contributed by atoms with Crippen LogP contribution in [-0.2, 0) is 0 Å². The minimum Gasteiger partial charge on any atom is -0.497 e. The molecule has 4 aromatic rings. The molecule has 30 heavy (non-hydrogen) atoms. The second kappa shape index (κ2) is 8.48. The first-order chi connectivity index (χ1) is 14.7. The molecule has 0 spiro atoms. The Morgan fingerprint density at radius 2 is 1.83 bits per heavy atom. The second-order valence-corrected chi connectivity index (χ2v) is 6.54. The summed E-state index contributed by atoms with van der Waals surface area (Å²) in [4.78, 5) is 12.4. The minimum atomic E-state index is -0.390. The minimum absolute atomic E-state index is 0.317. The van der Waals surface area contributed by atoms with Crippen molar-refractivity contribution >= 4 is 22.9 Å². The molecule has 0 aliphatic heterocycles. The van der Waals surface area contributed by atoms with Crippen molar-refractivity contribution in [3.8, 4) is 22.8 Å². The number of hydrazone groups is 1. The molecule has 0 aliphatic carbocycles. The van der Waals surface area contributed by atoms with Gasteiger partial charge in [0.2, 0.25) is 0 Å². The standard InChI is InChI=1S/C23H20N4O3/c1-29-19-10-9-18(22(12-19)30-2)14-24-27-23(28)21-13-20(25-26-21)17-8-7-15-5-3-4-6-16(15)11-17/h3-14H,1-2H3,(H,25,26)(H,27,28). The number of carbonyl (C=O) groups is 1. The number of methoxy groups -OCH3 is 2. The molecule has 0 aliphatic rings. The van der Waals surface area contributed by atoms with Crippen molar-refractivity contribution in [2.24, 2.45) is 5.10 Å². The summed E-state index contributed by atoms with van der Waals surface area (Å²) in [7, 11) is 3.14. The molecule has 0 atom stereocenters. The van der Waals surface area contributed by atoms with Gasteiger partial charge in [-0.2, -0.15) is 10.2 Å². The molecular weight excluding hydrogens is 380 g/mol. The highest BCUT2D eigenvalue weighted by Crippen LogP contribution is 2.24. The van der Waals surface area contributed by atoms with Crippen LogP contribution in [0.15, 0.2) is 71.8 Å². The number of hydrogen-bond donors (Lipinski definition) is 2. The molecule has 0 unspecified atom stereocenters. The molecule has 7 nitrogen and oxygen atoms in total. The van der Waals surface area contributed by atoms with Crippen LogP contribution in [0.1, 0.15) is 16.1 Å². The Balaban J connectivity index is 1.47. The molecule has 0 saturated heterocycles. The van der Waals surface area contributed by atoms with Gasteiger partial charge in [0.05, 0.1) is 26.1 Å². The maximum Gasteiger partial charge on any atom is 0.289 e. The van der Waals surface area contributed by atoms with Gasteiger partial charge < -0.3 is 9.47 Å². The number of fused-ring (bicyclic) bond motifs is 1. The van der Waals surface area contributed by atoms with E-state index in [0.29, 0.717) is 28.5 Å². The number of ether oxygens (including phenoxy) is 2. The maximum atomic E-state index is 12.4. The summed E-state index contributed by atoms with van der Waals surface area (Å²) < 4.78 is 10.5. The fourth-order valence-electron chi connectivity index (χ4n) is 3.08.